The summed E-state index contributed by atoms with van der Waals surface area (Å²) in [6, 6.07) is 0. The van der Waals surface area contributed by atoms with E-state index in [0.29, 0.717) is 0 Å². The van der Waals surface area contributed by atoms with E-state index in [0.717, 1.165) is 5.75 Å². The molecule has 0 atom stereocenters. The minimum atomic E-state index is 0.219. The molecule has 0 aliphatic carbocycles. The van der Waals surface area contributed by atoms with Crippen LogP contribution < -0.4 is 5.73 Å². The molecule has 0 unspecified atom stereocenters. The molecule has 13 heavy (non-hydrogen) atoms. The molecule has 0 aromatic carbocycles. The maximum absolute atomic E-state index is 6.99. The van der Waals surface area contributed by atoms with Crippen LogP contribution in [-0.4, -0.2) is 10.9 Å². The zero-order chi connectivity index (χ0) is 9.94. The minimum Gasteiger partial charge on any atom is -0.378 e. The topological polar surface area (TPSA) is 49.9 Å². The molecule has 0 aliphatic rings. The highest BCUT2D eigenvalue weighted by Crippen LogP contribution is 2.22. The molecule has 0 saturated carbocycles. The van der Waals surface area contributed by atoms with Gasteiger partial charge in [-0.25, -0.2) is 0 Å². The van der Waals surface area contributed by atoms with Gasteiger partial charge >= 0.3 is 0 Å². The van der Waals surface area contributed by atoms with E-state index in [2.05, 4.69) is 6.92 Å². The molecule has 0 saturated heterocycles. The lowest BCUT2D eigenvalue weighted by atomic mass is 10.1. The first-order chi connectivity index (χ1) is 6.27. The molecule has 0 radical (unpaired) electrons. The second-order valence-corrected chi connectivity index (χ2v) is 5.49. The van der Waals surface area contributed by atoms with Crippen LogP contribution >= 0.6 is 21.6 Å². The highest BCUT2D eigenvalue weighted by Gasteiger charge is 1.93. The second-order valence-electron chi connectivity index (χ2n) is 3.04. The van der Waals surface area contributed by atoms with E-state index in [1.54, 1.807) is 10.8 Å². The first kappa shape index (κ1) is 13.2. The van der Waals surface area contributed by atoms with E-state index in [1.165, 1.54) is 49.3 Å². The van der Waals surface area contributed by atoms with Gasteiger partial charge in [0.15, 0.2) is 5.17 Å². The van der Waals surface area contributed by atoms with Crippen LogP contribution in [0.1, 0.15) is 45.4 Å². The van der Waals surface area contributed by atoms with Crippen LogP contribution in [0, 0.1) is 5.41 Å². The van der Waals surface area contributed by atoms with E-state index >= 15 is 0 Å². The summed E-state index contributed by atoms with van der Waals surface area (Å²) in [5, 5.41) is 7.20. The molecule has 4 heteroatoms. The number of hydrogen-bond acceptors (Lipinski definition) is 3. The maximum atomic E-state index is 6.99. The Kier molecular flexibility index (Phi) is 10.4. The summed E-state index contributed by atoms with van der Waals surface area (Å²) in [5.74, 6) is 1.12. The van der Waals surface area contributed by atoms with Gasteiger partial charge in [0.25, 0.3) is 0 Å². The van der Waals surface area contributed by atoms with E-state index < -0.39 is 0 Å². The van der Waals surface area contributed by atoms with Crippen molar-refractivity contribution in [1.82, 2.24) is 0 Å². The first-order valence-electron chi connectivity index (χ1n) is 4.91. The lowest BCUT2D eigenvalue weighted by molar-refractivity contribution is 0.627. The van der Waals surface area contributed by atoms with Gasteiger partial charge in [-0.05, 0) is 17.2 Å². The van der Waals surface area contributed by atoms with Gasteiger partial charge in [-0.1, -0.05) is 49.8 Å². The van der Waals surface area contributed by atoms with E-state index in [9.17, 15) is 0 Å². The highest BCUT2D eigenvalue weighted by atomic mass is 33.1. The lowest BCUT2D eigenvalue weighted by Gasteiger charge is -1.99. The molecule has 0 spiro atoms. The minimum absolute atomic E-state index is 0.219. The van der Waals surface area contributed by atoms with Gasteiger partial charge < -0.3 is 5.73 Å². The van der Waals surface area contributed by atoms with Gasteiger partial charge in [0.1, 0.15) is 0 Å². The van der Waals surface area contributed by atoms with Gasteiger partial charge in [-0.15, -0.1) is 0 Å². The normalized spacial score (nSPS) is 10.2. The summed E-state index contributed by atoms with van der Waals surface area (Å²) in [6.45, 7) is 2.24. The van der Waals surface area contributed by atoms with Crippen molar-refractivity contribution in [2.75, 3.05) is 5.75 Å². The molecular formula is C9H20N2S2. The molecule has 0 bridgehead atoms. The van der Waals surface area contributed by atoms with Gasteiger partial charge in [-0.2, -0.15) is 0 Å². The van der Waals surface area contributed by atoms with Crippen LogP contribution in [0.3, 0.4) is 0 Å². The molecule has 0 heterocycles. The van der Waals surface area contributed by atoms with Crippen molar-refractivity contribution in [2.24, 2.45) is 5.73 Å². The van der Waals surface area contributed by atoms with Crippen molar-refractivity contribution in [3.05, 3.63) is 0 Å². The molecule has 0 rings (SSSR count). The second kappa shape index (κ2) is 10.3. The molecule has 3 N–H and O–H groups in total. The molecule has 0 aromatic heterocycles. The number of unbranched alkanes of at least 4 members (excludes halogenated alkanes) is 5. The smallest absolute Gasteiger partial charge is 0.161 e. The fourth-order valence-corrected chi connectivity index (χ4v) is 2.56. The summed E-state index contributed by atoms with van der Waals surface area (Å²) in [4.78, 5) is 0. The Bertz CT molecular complexity index is 129. The van der Waals surface area contributed by atoms with Crippen molar-refractivity contribution in [3.63, 3.8) is 0 Å². The third kappa shape index (κ3) is 12.2. The monoisotopic (exact) mass is 220 g/mol. The fraction of sp³-hybridized carbons (Fsp3) is 0.889. The number of nitrogens with one attached hydrogen (secondary N) is 1. The van der Waals surface area contributed by atoms with Crippen molar-refractivity contribution in [3.8, 4) is 0 Å². The van der Waals surface area contributed by atoms with Crippen molar-refractivity contribution in [2.45, 2.75) is 45.4 Å². The number of rotatable bonds is 8. The zero-order valence-corrected chi connectivity index (χ0v) is 9.98. The third-order valence-electron chi connectivity index (χ3n) is 1.73. The largest absolute Gasteiger partial charge is 0.378 e. The Morgan fingerprint density at radius 3 is 2.38 bits per heavy atom. The van der Waals surface area contributed by atoms with Gasteiger partial charge in [0.2, 0.25) is 0 Å². The molecule has 0 aliphatic heterocycles. The Morgan fingerprint density at radius 2 is 1.77 bits per heavy atom. The van der Waals surface area contributed by atoms with Crippen LogP contribution in [0.15, 0.2) is 0 Å². The summed E-state index contributed by atoms with van der Waals surface area (Å²) in [5.41, 5.74) is 5.20. The van der Waals surface area contributed by atoms with E-state index in [4.69, 9.17) is 11.1 Å². The zero-order valence-electron chi connectivity index (χ0n) is 8.34. The average molecular weight is 220 g/mol. The van der Waals surface area contributed by atoms with Gasteiger partial charge in [0.05, 0.1) is 0 Å². The van der Waals surface area contributed by atoms with Gasteiger partial charge in [0, 0.05) is 5.75 Å². The molecule has 2 nitrogen and oxygen atoms in total. The van der Waals surface area contributed by atoms with Crippen LogP contribution in [0.4, 0.5) is 0 Å². The Hall–Kier alpha value is 0.170. The standard InChI is InChI=1S/C9H20N2S2/c1-2-3-4-5-6-7-8-12-13-9(10)11/h2-8H2,1H3,(H3,10,11). The van der Waals surface area contributed by atoms with E-state index in [-0.39, 0.29) is 5.17 Å². The maximum Gasteiger partial charge on any atom is 0.161 e. The van der Waals surface area contributed by atoms with Crippen LogP contribution in [0.5, 0.6) is 0 Å². The molecule has 78 valence electrons. The molecule has 0 aromatic rings. The highest BCUT2D eigenvalue weighted by molar-refractivity contribution is 8.82. The Labute approximate surface area is 89.3 Å². The van der Waals surface area contributed by atoms with Crippen LogP contribution in [-0.2, 0) is 0 Å². The SMILES string of the molecule is CCCCCCCCSSC(=N)N. The van der Waals surface area contributed by atoms with E-state index in [1.807, 2.05) is 0 Å². The fourth-order valence-electron chi connectivity index (χ4n) is 1.05. The van der Waals surface area contributed by atoms with Crippen LogP contribution in [0.25, 0.3) is 0 Å². The van der Waals surface area contributed by atoms with Gasteiger partial charge in [-0.3, -0.25) is 5.41 Å². The summed E-state index contributed by atoms with van der Waals surface area (Å²) in [6.07, 6.45) is 8.00. The summed E-state index contributed by atoms with van der Waals surface area (Å²) in [7, 11) is 3.07. The number of nitrogens with two attached hydrogens (primary N) is 1. The quantitative estimate of drug-likeness (QED) is 0.284. The Morgan fingerprint density at radius 1 is 1.15 bits per heavy atom. The number of hydrogen-bond donors (Lipinski definition) is 2. The predicted octanol–water partition coefficient (Wildman–Crippen LogP) is 3.62. The molecule has 0 fully saturated rings. The first-order valence-corrected chi connectivity index (χ1v) is 7.22. The molecular weight excluding hydrogens is 200 g/mol. The lowest BCUT2D eigenvalue weighted by Crippen LogP contribution is -2.01. The average Bonchev–Trinajstić information content (AvgIpc) is 2.09. The summed E-state index contributed by atoms with van der Waals surface area (Å²) < 4.78 is 0. The Balaban J connectivity index is 2.87. The summed E-state index contributed by atoms with van der Waals surface area (Å²) >= 11 is 0. The van der Waals surface area contributed by atoms with Crippen molar-refractivity contribution < 1.29 is 0 Å². The van der Waals surface area contributed by atoms with Crippen LogP contribution in [0.2, 0.25) is 0 Å². The predicted molar refractivity (Wildman–Crippen MR) is 65.3 cm³/mol. The molecule has 0 amide bonds. The number of amidine groups is 1. The third-order valence-corrected chi connectivity index (χ3v) is 3.87. The van der Waals surface area contributed by atoms with Crippen molar-refractivity contribution in [1.29, 1.82) is 5.41 Å². The van der Waals surface area contributed by atoms with Crippen molar-refractivity contribution >= 4 is 26.8 Å².